The quantitative estimate of drug-likeness (QED) is 0.767. The Morgan fingerprint density at radius 2 is 2.04 bits per heavy atom. The van der Waals surface area contributed by atoms with Gasteiger partial charge in [0.15, 0.2) is 11.6 Å². The van der Waals surface area contributed by atoms with E-state index in [1.165, 1.54) is 0 Å². The zero-order chi connectivity index (χ0) is 16.7. The van der Waals surface area contributed by atoms with E-state index in [-0.39, 0.29) is 5.91 Å². The molecule has 0 aliphatic carbocycles. The summed E-state index contributed by atoms with van der Waals surface area (Å²) in [5.74, 6) is 1.18. The number of pyridine rings is 1. The molecule has 6 heteroatoms. The highest BCUT2D eigenvalue weighted by Gasteiger charge is 2.12. The first-order valence-corrected chi connectivity index (χ1v) is 7.57. The van der Waals surface area contributed by atoms with Gasteiger partial charge in [-0.3, -0.25) is 4.79 Å². The first kappa shape index (κ1) is 16.6. The molecule has 2 aromatic rings. The van der Waals surface area contributed by atoms with Crippen molar-refractivity contribution in [2.24, 2.45) is 0 Å². The van der Waals surface area contributed by atoms with Crippen molar-refractivity contribution < 1.29 is 14.3 Å². The molecule has 0 fully saturated rings. The Hall–Kier alpha value is -2.76. The molecule has 3 N–H and O–H groups in total. The third kappa shape index (κ3) is 4.35. The lowest BCUT2D eigenvalue weighted by atomic mass is 10.1. The summed E-state index contributed by atoms with van der Waals surface area (Å²) in [7, 11) is 0. The molecule has 1 amide bonds. The lowest BCUT2D eigenvalue weighted by molar-refractivity contribution is 0.102. The summed E-state index contributed by atoms with van der Waals surface area (Å²) in [4.78, 5) is 16.5. The average molecular weight is 315 g/mol. The van der Waals surface area contributed by atoms with Crippen LogP contribution in [0.1, 0.15) is 30.6 Å². The molecule has 0 radical (unpaired) electrons. The second-order valence-electron chi connectivity index (χ2n) is 4.84. The monoisotopic (exact) mass is 315 g/mol. The van der Waals surface area contributed by atoms with Crippen LogP contribution in [0.5, 0.6) is 11.5 Å². The first-order valence-electron chi connectivity index (χ1n) is 7.57. The van der Waals surface area contributed by atoms with Crippen molar-refractivity contribution in [2.75, 3.05) is 24.3 Å². The van der Waals surface area contributed by atoms with Gasteiger partial charge in [-0.05, 0) is 43.7 Å². The van der Waals surface area contributed by atoms with Crippen LogP contribution < -0.4 is 20.5 Å². The fraction of sp³-hybridized carbons (Fsp3) is 0.294. The maximum atomic E-state index is 12.3. The second kappa shape index (κ2) is 8.03. The summed E-state index contributed by atoms with van der Waals surface area (Å²) in [5, 5.41) is 2.73. The number of hydrogen-bond donors (Lipinski definition) is 2. The summed E-state index contributed by atoms with van der Waals surface area (Å²) in [5.41, 5.74) is 6.78. The Morgan fingerprint density at radius 1 is 1.22 bits per heavy atom. The van der Waals surface area contributed by atoms with Crippen LogP contribution in [-0.2, 0) is 0 Å². The molecule has 0 spiro atoms. The molecule has 122 valence electrons. The van der Waals surface area contributed by atoms with Gasteiger partial charge in [-0.1, -0.05) is 6.92 Å². The van der Waals surface area contributed by atoms with Crippen molar-refractivity contribution in [3.05, 3.63) is 42.1 Å². The van der Waals surface area contributed by atoms with Crippen molar-refractivity contribution in [1.82, 2.24) is 4.98 Å². The average Bonchev–Trinajstić information content (AvgIpc) is 2.55. The third-order valence-corrected chi connectivity index (χ3v) is 3.04. The van der Waals surface area contributed by atoms with Gasteiger partial charge in [0.2, 0.25) is 0 Å². The fourth-order valence-corrected chi connectivity index (χ4v) is 1.97. The van der Waals surface area contributed by atoms with Gasteiger partial charge in [-0.2, -0.15) is 0 Å². The zero-order valence-corrected chi connectivity index (χ0v) is 13.3. The molecule has 0 atom stereocenters. The van der Waals surface area contributed by atoms with E-state index in [0.717, 1.165) is 6.42 Å². The predicted molar refractivity (Wildman–Crippen MR) is 90.0 cm³/mol. The number of benzene rings is 1. The molecule has 6 nitrogen and oxygen atoms in total. The van der Waals surface area contributed by atoms with Crippen molar-refractivity contribution in [3.63, 3.8) is 0 Å². The van der Waals surface area contributed by atoms with E-state index in [1.807, 2.05) is 13.8 Å². The van der Waals surface area contributed by atoms with Crippen LogP contribution in [0.25, 0.3) is 0 Å². The fourth-order valence-electron chi connectivity index (χ4n) is 1.97. The molecule has 1 aromatic heterocycles. The van der Waals surface area contributed by atoms with Crippen molar-refractivity contribution in [1.29, 1.82) is 0 Å². The molecule has 1 aromatic carbocycles. The minimum absolute atomic E-state index is 0.307. The molecule has 2 rings (SSSR count). The van der Waals surface area contributed by atoms with Gasteiger partial charge in [0, 0.05) is 11.8 Å². The highest BCUT2D eigenvalue weighted by molar-refractivity contribution is 6.05. The second-order valence-corrected chi connectivity index (χ2v) is 4.84. The number of nitrogens with one attached hydrogen (secondary N) is 1. The highest BCUT2D eigenvalue weighted by atomic mass is 16.5. The predicted octanol–water partition coefficient (Wildman–Crippen LogP) is 3.10. The topological polar surface area (TPSA) is 86.5 Å². The SMILES string of the molecule is CCCOc1ccc(C(=O)Nc2ncccc2OCC)cc1N. The number of rotatable bonds is 7. The summed E-state index contributed by atoms with van der Waals surface area (Å²) >= 11 is 0. The molecule has 1 heterocycles. The summed E-state index contributed by atoms with van der Waals surface area (Å²) < 4.78 is 10.9. The Balaban J connectivity index is 2.13. The van der Waals surface area contributed by atoms with Gasteiger partial charge in [-0.25, -0.2) is 4.98 Å². The number of ether oxygens (including phenoxy) is 2. The number of carbonyl (C=O) groups is 1. The highest BCUT2D eigenvalue weighted by Crippen LogP contribution is 2.25. The lowest BCUT2D eigenvalue weighted by Crippen LogP contribution is -2.14. The minimum atomic E-state index is -0.307. The number of amides is 1. The number of nitrogens with zero attached hydrogens (tertiary/aromatic N) is 1. The number of aromatic nitrogens is 1. The van der Waals surface area contributed by atoms with E-state index in [9.17, 15) is 4.79 Å². The van der Waals surface area contributed by atoms with E-state index in [4.69, 9.17) is 15.2 Å². The molecule has 0 saturated carbocycles. The van der Waals surface area contributed by atoms with E-state index in [0.29, 0.717) is 41.8 Å². The van der Waals surface area contributed by atoms with Crippen molar-refractivity contribution >= 4 is 17.4 Å². The van der Waals surface area contributed by atoms with Gasteiger partial charge in [0.25, 0.3) is 5.91 Å². The Labute approximate surface area is 135 Å². The first-order chi connectivity index (χ1) is 11.2. The van der Waals surface area contributed by atoms with Gasteiger partial charge in [-0.15, -0.1) is 0 Å². The molecule has 0 aliphatic heterocycles. The summed E-state index contributed by atoms with van der Waals surface area (Å²) in [6, 6.07) is 8.45. The van der Waals surface area contributed by atoms with Crippen LogP contribution in [0.4, 0.5) is 11.5 Å². The molecule has 0 bridgehead atoms. The van der Waals surface area contributed by atoms with Crippen LogP contribution in [0.15, 0.2) is 36.5 Å². The maximum Gasteiger partial charge on any atom is 0.256 e. The molecular formula is C17H21N3O3. The minimum Gasteiger partial charge on any atom is -0.491 e. The summed E-state index contributed by atoms with van der Waals surface area (Å²) in [6.45, 7) is 4.96. The number of nitrogens with two attached hydrogens (primary N) is 1. The van der Waals surface area contributed by atoms with E-state index >= 15 is 0 Å². The van der Waals surface area contributed by atoms with Crippen LogP contribution in [0, 0.1) is 0 Å². The largest absolute Gasteiger partial charge is 0.491 e. The number of carbonyl (C=O) groups excluding carboxylic acids is 1. The number of hydrogen-bond acceptors (Lipinski definition) is 5. The van der Waals surface area contributed by atoms with Crippen LogP contribution >= 0.6 is 0 Å². The Bertz CT molecular complexity index is 674. The van der Waals surface area contributed by atoms with Crippen LogP contribution in [0.3, 0.4) is 0 Å². The number of anilines is 2. The Kier molecular flexibility index (Phi) is 5.80. The smallest absolute Gasteiger partial charge is 0.256 e. The van der Waals surface area contributed by atoms with Gasteiger partial charge < -0.3 is 20.5 Å². The van der Waals surface area contributed by atoms with E-state index < -0.39 is 0 Å². The molecule has 23 heavy (non-hydrogen) atoms. The van der Waals surface area contributed by atoms with E-state index in [1.54, 1.807) is 36.5 Å². The normalized spacial score (nSPS) is 10.2. The van der Waals surface area contributed by atoms with Gasteiger partial charge >= 0.3 is 0 Å². The standard InChI is InChI=1S/C17H21N3O3/c1-3-10-23-14-8-7-12(11-13(14)18)17(21)20-16-15(22-4-2)6-5-9-19-16/h5-9,11H,3-4,10,18H2,1-2H3,(H,19,20,21). The van der Waals surface area contributed by atoms with Gasteiger partial charge in [0.05, 0.1) is 18.9 Å². The number of nitrogen functional groups attached to an aromatic ring is 1. The zero-order valence-electron chi connectivity index (χ0n) is 13.3. The van der Waals surface area contributed by atoms with Crippen LogP contribution in [0.2, 0.25) is 0 Å². The molecule has 0 unspecified atom stereocenters. The van der Waals surface area contributed by atoms with Crippen molar-refractivity contribution in [2.45, 2.75) is 20.3 Å². The van der Waals surface area contributed by atoms with Crippen molar-refractivity contribution in [3.8, 4) is 11.5 Å². The van der Waals surface area contributed by atoms with E-state index in [2.05, 4.69) is 10.3 Å². The maximum absolute atomic E-state index is 12.3. The lowest BCUT2D eigenvalue weighted by Gasteiger charge is -2.12. The third-order valence-electron chi connectivity index (χ3n) is 3.04. The molecule has 0 aliphatic rings. The summed E-state index contributed by atoms with van der Waals surface area (Å²) in [6.07, 6.45) is 2.48. The Morgan fingerprint density at radius 3 is 2.74 bits per heavy atom. The van der Waals surface area contributed by atoms with Gasteiger partial charge in [0.1, 0.15) is 5.75 Å². The van der Waals surface area contributed by atoms with Crippen LogP contribution in [-0.4, -0.2) is 24.1 Å². The molecular weight excluding hydrogens is 294 g/mol. The molecule has 0 saturated heterocycles.